The van der Waals surface area contributed by atoms with E-state index >= 15 is 0 Å². The predicted molar refractivity (Wildman–Crippen MR) is 120 cm³/mol. The first kappa shape index (κ1) is 23.5. The summed E-state index contributed by atoms with van der Waals surface area (Å²) in [7, 11) is 1.62. The predicted octanol–water partition coefficient (Wildman–Crippen LogP) is 4.73. The van der Waals surface area contributed by atoms with Crippen molar-refractivity contribution in [3.63, 3.8) is 0 Å². The van der Waals surface area contributed by atoms with Crippen molar-refractivity contribution in [1.82, 2.24) is 10.2 Å². The van der Waals surface area contributed by atoms with Crippen molar-refractivity contribution in [3.05, 3.63) is 65.7 Å². The van der Waals surface area contributed by atoms with Crippen LogP contribution in [0.4, 0.5) is 0 Å². The maximum Gasteiger partial charge on any atom is 0.247 e. The minimum absolute atomic E-state index is 0.0267. The molecule has 0 aliphatic rings. The lowest BCUT2D eigenvalue weighted by Crippen LogP contribution is -2.43. The lowest BCUT2D eigenvalue weighted by atomic mass is 10.0. The van der Waals surface area contributed by atoms with Crippen molar-refractivity contribution in [2.45, 2.75) is 52.6 Å². The summed E-state index contributed by atoms with van der Waals surface area (Å²) in [6.07, 6.45) is 2.03. The van der Waals surface area contributed by atoms with Gasteiger partial charge in [0.25, 0.3) is 0 Å². The molecule has 0 heterocycles. The molecule has 5 nitrogen and oxygen atoms in total. The molecular formula is C25H34N2O3. The molecular weight excluding hydrogens is 376 g/mol. The summed E-state index contributed by atoms with van der Waals surface area (Å²) in [6, 6.07) is 16.5. The van der Waals surface area contributed by atoms with E-state index in [1.807, 2.05) is 61.5 Å². The summed E-state index contributed by atoms with van der Waals surface area (Å²) in [4.78, 5) is 28.0. The number of ether oxygens (including phenoxy) is 1. The van der Waals surface area contributed by atoms with Crippen LogP contribution in [0.1, 0.15) is 57.2 Å². The van der Waals surface area contributed by atoms with Gasteiger partial charge in [0.2, 0.25) is 11.8 Å². The molecule has 2 aromatic rings. The minimum atomic E-state index is -0.667. The minimum Gasteiger partial charge on any atom is -0.497 e. The topological polar surface area (TPSA) is 58.6 Å². The highest BCUT2D eigenvalue weighted by atomic mass is 16.5. The second-order valence-corrected chi connectivity index (χ2v) is 7.91. The van der Waals surface area contributed by atoms with E-state index in [2.05, 4.69) is 19.2 Å². The standard InChI is InChI=1S/C25H34N2O3/c1-5-9-23(28)27(18-20-12-14-22(30-4)15-13-20)24(21-10-7-6-8-11-21)25(29)26-17-16-19(2)3/h6-8,10-15,19,24H,5,9,16-18H2,1-4H3,(H,26,29). The van der Waals surface area contributed by atoms with Crippen molar-refractivity contribution in [2.75, 3.05) is 13.7 Å². The number of carbonyl (C=O) groups is 2. The molecule has 1 unspecified atom stereocenters. The zero-order valence-corrected chi connectivity index (χ0v) is 18.6. The van der Waals surface area contributed by atoms with Gasteiger partial charge in [-0.2, -0.15) is 0 Å². The van der Waals surface area contributed by atoms with Gasteiger partial charge in [0.05, 0.1) is 7.11 Å². The number of hydrogen-bond acceptors (Lipinski definition) is 3. The Kier molecular flexibility index (Phi) is 9.39. The Morgan fingerprint density at radius 2 is 1.70 bits per heavy atom. The third-order valence-electron chi connectivity index (χ3n) is 4.99. The number of hydrogen-bond donors (Lipinski definition) is 1. The van der Waals surface area contributed by atoms with Gasteiger partial charge in [-0.25, -0.2) is 0 Å². The van der Waals surface area contributed by atoms with Crippen LogP contribution in [0.25, 0.3) is 0 Å². The fraction of sp³-hybridized carbons (Fsp3) is 0.440. The van der Waals surface area contributed by atoms with Crippen LogP contribution in [0, 0.1) is 5.92 Å². The van der Waals surface area contributed by atoms with E-state index in [-0.39, 0.29) is 11.8 Å². The fourth-order valence-corrected chi connectivity index (χ4v) is 3.30. The van der Waals surface area contributed by atoms with Gasteiger partial charge in [-0.15, -0.1) is 0 Å². The molecule has 162 valence electrons. The van der Waals surface area contributed by atoms with Crippen LogP contribution in [0.3, 0.4) is 0 Å². The molecule has 2 aromatic carbocycles. The summed E-state index contributed by atoms with van der Waals surface area (Å²) in [6.45, 7) is 7.19. The Labute approximate surface area is 180 Å². The van der Waals surface area contributed by atoms with E-state index in [1.54, 1.807) is 12.0 Å². The molecule has 0 spiro atoms. The molecule has 0 aliphatic heterocycles. The molecule has 30 heavy (non-hydrogen) atoms. The van der Waals surface area contributed by atoms with E-state index in [1.165, 1.54) is 0 Å². The number of amides is 2. The number of rotatable bonds is 11. The van der Waals surface area contributed by atoms with E-state index < -0.39 is 6.04 Å². The maximum atomic E-state index is 13.2. The molecule has 2 amide bonds. The van der Waals surface area contributed by atoms with E-state index in [0.717, 1.165) is 29.7 Å². The maximum absolute atomic E-state index is 13.2. The first-order valence-corrected chi connectivity index (χ1v) is 10.7. The fourth-order valence-electron chi connectivity index (χ4n) is 3.30. The lowest BCUT2D eigenvalue weighted by Gasteiger charge is -2.32. The molecule has 1 atom stereocenters. The molecule has 5 heteroatoms. The second kappa shape index (κ2) is 12.0. The molecule has 0 fully saturated rings. The molecule has 0 aromatic heterocycles. The first-order chi connectivity index (χ1) is 14.5. The van der Waals surface area contributed by atoms with Crippen molar-refractivity contribution in [3.8, 4) is 5.75 Å². The Morgan fingerprint density at radius 1 is 1.03 bits per heavy atom. The summed E-state index contributed by atoms with van der Waals surface area (Å²) in [5.41, 5.74) is 1.77. The quantitative estimate of drug-likeness (QED) is 0.583. The third kappa shape index (κ3) is 6.90. The van der Waals surface area contributed by atoms with Crippen LogP contribution < -0.4 is 10.1 Å². The van der Waals surface area contributed by atoms with E-state index in [9.17, 15) is 9.59 Å². The van der Waals surface area contributed by atoms with Gasteiger partial charge in [-0.1, -0.05) is 63.2 Å². The summed E-state index contributed by atoms with van der Waals surface area (Å²) < 4.78 is 5.23. The van der Waals surface area contributed by atoms with Gasteiger partial charge in [0, 0.05) is 19.5 Å². The number of nitrogens with zero attached hydrogens (tertiary/aromatic N) is 1. The Bertz CT molecular complexity index is 788. The monoisotopic (exact) mass is 410 g/mol. The largest absolute Gasteiger partial charge is 0.497 e. The van der Waals surface area contributed by atoms with Crippen LogP contribution >= 0.6 is 0 Å². The molecule has 2 rings (SSSR count). The molecule has 0 bridgehead atoms. The van der Waals surface area contributed by atoms with Crippen molar-refractivity contribution in [1.29, 1.82) is 0 Å². The Morgan fingerprint density at radius 3 is 2.27 bits per heavy atom. The highest BCUT2D eigenvalue weighted by Gasteiger charge is 2.30. The van der Waals surface area contributed by atoms with Gasteiger partial charge >= 0.3 is 0 Å². The zero-order valence-electron chi connectivity index (χ0n) is 18.6. The van der Waals surface area contributed by atoms with Crippen LogP contribution in [-0.4, -0.2) is 30.4 Å². The Balaban J connectivity index is 2.35. The van der Waals surface area contributed by atoms with Gasteiger partial charge in [0.15, 0.2) is 0 Å². The Hall–Kier alpha value is -2.82. The van der Waals surface area contributed by atoms with E-state index in [0.29, 0.717) is 25.4 Å². The van der Waals surface area contributed by atoms with Gasteiger partial charge in [-0.3, -0.25) is 9.59 Å². The van der Waals surface area contributed by atoms with Crippen molar-refractivity contribution >= 4 is 11.8 Å². The molecule has 0 aliphatic carbocycles. The van der Waals surface area contributed by atoms with Crippen LogP contribution in [0.15, 0.2) is 54.6 Å². The lowest BCUT2D eigenvalue weighted by molar-refractivity contribution is -0.141. The van der Waals surface area contributed by atoms with Gasteiger partial charge < -0.3 is 15.0 Å². The molecule has 0 radical (unpaired) electrons. The highest BCUT2D eigenvalue weighted by molar-refractivity contribution is 5.88. The van der Waals surface area contributed by atoms with Crippen LogP contribution in [0.2, 0.25) is 0 Å². The summed E-state index contributed by atoms with van der Waals surface area (Å²) in [5.74, 6) is 1.09. The second-order valence-electron chi connectivity index (χ2n) is 7.91. The highest BCUT2D eigenvalue weighted by Crippen LogP contribution is 2.25. The summed E-state index contributed by atoms with van der Waals surface area (Å²) >= 11 is 0. The van der Waals surface area contributed by atoms with Crippen LogP contribution in [-0.2, 0) is 16.1 Å². The summed E-state index contributed by atoms with van der Waals surface area (Å²) in [5, 5.41) is 3.04. The average Bonchev–Trinajstić information content (AvgIpc) is 2.74. The normalized spacial score (nSPS) is 11.8. The molecule has 1 N–H and O–H groups in total. The van der Waals surface area contributed by atoms with E-state index in [4.69, 9.17) is 4.74 Å². The number of benzene rings is 2. The van der Waals surface area contributed by atoms with Gasteiger partial charge in [0.1, 0.15) is 11.8 Å². The van der Waals surface area contributed by atoms with Crippen LogP contribution in [0.5, 0.6) is 5.75 Å². The average molecular weight is 411 g/mol. The number of carbonyl (C=O) groups excluding carboxylic acids is 2. The van der Waals surface area contributed by atoms with Crippen molar-refractivity contribution in [2.24, 2.45) is 5.92 Å². The zero-order chi connectivity index (χ0) is 21.9. The van der Waals surface area contributed by atoms with Crippen molar-refractivity contribution < 1.29 is 14.3 Å². The first-order valence-electron chi connectivity index (χ1n) is 10.7. The SMILES string of the molecule is CCCC(=O)N(Cc1ccc(OC)cc1)C(C(=O)NCCC(C)C)c1ccccc1. The smallest absolute Gasteiger partial charge is 0.247 e. The number of methoxy groups -OCH3 is 1. The van der Waals surface area contributed by atoms with Gasteiger partial charge in [-0.05, 0) is 42.0 Å². The molecule has 0 saturated carbocycles. The molecule has 0 saturated heterocycles. The third-order valence-corrected chi connectivity index (χ3v) is 4.99. The number of nitrogens with one attached hydrogen (secondary N) is 1.